The first kappa shape index (κ1) is 54.9. The molecule has 372 valence electrons. The zero-order valence-electron chi connectivity index (χ0n) is 36.4. The van der Waals surface area contributed by atoms with Crippen LogP contribution in [0.5, 0.6) is 11.5 Å². The second-order valence-corrected chi connectivity index (χ2v) is 19.4. The van der Waals surface area contributed by atoms with E-state index in [0.29, 0.717) is 12.1 Å². The Hall–Kier alpha value is -5.66. The molecule has 2 fully saturated rings. The smallest absolute Gasteiger partial charge is 0.460 e. The number of esters is 2. The van der Waals surface area contributed by atoms with Crippen LogP contribution in [0, 0.1) is 0 Å². The molecule has 1 amide bonds. The highest BCUT2D eigenvalue weighted by Gasteiger charge is 2.44. The largest absolute Gasteiger partial charge is 0.573 e. The van der Waals surface area contributed by atoms with Crippen molar-refractivity contribution in [3.05, 3.63) is 120 Å². The molecule has 0 aromatic heterocycles. The number of nitrogens with one attached hydrogen (secondary N) is 1. The van der Waals surface area contributed by atoms with Gasteiger partial charge in [-0.15, -0.1) is 38.7 Å². The van der Waals surface area contributed by atoms with Gasteiger partial charge in [0.1, 0.15) is 42.4 Å². The Labute approximate surface area is 394 Å². The molecule has 2 atom stereocenters. The third-order valence-electron chi connectivity index (χ3n) is 9.50. The first-order chi connectivity index (χ1) is 31.3. The highest BCUT2D eigenvalue weighted by Crippen LogP contribution is 2.29. The van der Waals surface area contributed by atoms with E-state index in [-0.39, 0.29) is 68.1 Å². The Balaban J connectivity index is 0.000000298. The summed E-state index contributed by atoms with van der Waals surface area (Å²) in [5, 5.41) is 2.95. The van der Waals surface area contributed by atoms with Gasteiger partial charge in [0, 0.05) is 32.7 Å². The highest BCUT2D eigenvalue weighted by molar-refractivity contribution is 7.89. The van der Waals surface area contributed by atoms with Crippen molar-refractivity contribution in [2.45, 2.75) is 74.2 Å². The fourth-order valence-corrected chi connectivity index (χ4v) is 9.60. The minimum absolute atomic E-state index is 0. The van der Waals surface area contributed by atoms with Crippen LogP contribution in [0.15, 0.2) is 119 Å². The van der Waals surface area contributed by atoms with E-state index in [4.69, 9.17) is 14.2 Å². The molecule has 0 radical (unpaired) electrons. The van der Waals surface area contributed by atoms with Gasteiger partial charge in [-0.05, 0) is 80.4 Å². The molecule has 2 heterocycles. The van der Waals surface area contributed by atoms with E-state index in [1.54, 1.807) is 75.4 Å². The maximum atomic E-state index is 13.4. The molecule has 2 aliphatic heterocycles. The van der Waals surface area contributed by atoms with Crippen molar-refractivity contribution >= 4 is 50.5 Å². The highest BCUT2D eigenvalue weighted by atomic mass is 35.5. The van der Waals surface area contributed by atoms with Crippen LogP contribution in [-0.4, -0.2) is 118 Å². The lowest BCUT2D eigenvalue weighted by molar-refractivity contribution is -0.275. The zero-order chi connectivity index (χ0) is 49.2. The van der Waals surface area contributed by atoms with Gasteiger partial charge in [-0.25, -0.2) is 21.6 Å². The van der Waals surface area contributed by atoms with Gasteiger partial charge >= 0.3 is 30.8 Å². The van der Waals surface area contributed by atoms with E-state index in [2.05, 4.69) is 14.8 Å². The van der Waals surface area contributed by atoms with Crippen molar-refractivity contribution in [1.29, 1.82) is 0 Å². The molecular formula is C43H47ClF6N4O12S2. The average molecular weight is 1030 g/mol. The number of nitrogens with zero attached hydrogens (tertiary/aromatic N) is 3. The van der Waals surface area contributed by atoms with E-state index in [0.717, 1.165) is 62.7 Å². The molecule has 16 nitrogen and oxygen atoms in total. The van der Waals surface area contributed by atoms with Gasteiger partial charge in [-0.3, -0.25) is 9.59 Å². The number of hydrogen-bond acceptors (Lipinski definition) is 13. The lowest BCUT2D eigenvalue weighted by atomic mass is 10.2. The summed E-state index contributed by atoms with van der Waals surface area (Å²) in [5.41, 5.74) is 0.610. The molecule has 0 bridgehead atoms. The lowest BCUT2D eigenvalue weighted by Gasteiger charge is -2.39. The van der Waals surface area contributed by atoms with Gasteiger partial charge in [0.15, 0.2) is 0 Å². The standard InChI is InChI=1S/C24H27F3N2O7S.C19H19F3N2O5S.ClH/c1-23(2,3)36-22(31)28-13-14-29(20(15-28)21(30)34-16-17-7-5-4-6-8-17)37(32,33)19-11-9-18(10-12-19)35-24(25,26)27;20-19(21,22)29-15-6-8-16(9-7-15)30(26,27)24-11-10-23-12-17(24)18(25)28-13-14-4-2-1-3-5-14;/h4-12,20H,13-16H2,1-3H3;1-9,17,23H,10-13H2;1H/t20-;17-;/m11./s1. The first-order valence-electron chi connectivity index (χ1n) is 20.2. The molecule has 68 heavy (non-hydrogen) atoms. The monoisotopic (exact) mass is 1020 g/mol. The first-order valence-corrected chi connectivity index (χ1v) is 23.1. The quantitative estimate of drug-likeness (QED) is 0.0904. The van der Waals surface area contributed by atoms with Crippen molar-refractivity contribution in [1.82, 2.24) is 18.8 Å². The number of carbonyl (C=O) groups excluding carboxylic acids is 3. The Morgan fingerprint density at radius 3 is 1.43 bits per heavy atom. The Bertz CT molecular complexity index is 2520. The van der Waals surface area contributed by atoms with Crippen LogP contribution in [0.2, 0.25) is 0 Å². The van der Waals surface area contributed by atoms with E-state index < -0.39 is 80.0 Å². The van der Waals surface area contributed by atoms with E-state index >= 15 is 0 Å². The average Bonchev–Trinajstić information content (AvgIpc) is 3.27. The Morgan fingerprint density at radius 2 is 1.01 bits per heavy atom. The second kappa shape index (κ2) is 23.1. The van der Waals surface area contributed by atoms with E-state index in [9.17, 15) is 57.6 Å². The number of carbonyl (C=O) groups is 3. The minimum Gasteiger partial charge on any atom is -0.460 e. The minimum atomic E-state index is -4.94. The van der Waals surface area contributed by atoms with Gasteiger partial charge in [0.2, 0.25) is 20.0 Å². The molecule has 1 N–H and O–H groups in total. The van der Waals surface area contributed by atoms with Crippen LogP contribution in [0.1, 0.15) is 31.9 Å². The summed E-state index contributed by atoms with van der Waals surface area (Å²) in [6, 6.07) is 22.6. The predicted molar refractivity (Wildman–Crippen MR) is 232 cm³/mol. The maximum Gasteiger partial charge on any atom is 0.573 e. The molecule has 0 saturated carbocycles. The topological polar surface area (TPSA) is 187 Å². The van der Waals surface area contributed by atoms with Crippen molar-refractivity contribution in [3.63, 3.8) is 0 Å². The van der Waals surface area contributed by atoms with Crippen LogP contribution >= 0.6 is 12.4 Å². The fraction of sp³-hybridized carbons (Fsp3) is 0.372. The summed E-state index contributed by atoms with van der Waals surface area (Å²) in [5.74, 6) is -2.75. The zero-order valence-corrected chi connectivity index (χ0v) is 38.9. The number of piperazine rings is 2. The molecule has 0 spiro atoms. The Kier molecular flexibility index (Phi) is 18.7. The third-order valence-corrected chi connectivity index (χ3v) is 13.3. The SMILES string of the molecule is CC(C)(C)OC(=O)N1CCN(S(=O)(=O)c2ccc(OC(F)(F)F)cc2)[C@@H](C(=O)OCc2ccccc2)C1.Cl.O=C(OCc1ccccc1)[C@H]1CNCCN1S(=O)(=O)c1ccc(OC(F)(F)F)cc1. The molecule has 0 aliphatic carbocycles. The summed E-state index contributed by atoms with van der Waals surface area (Å²) in [7, 11) is -8.51. The number of halogens is 7. The number of sulfonamides is 2. The van der Waals surface area contributed by atoms with Crippen LogP contribution in [-0.2, 0) is 57.1 Å². The second-order valence-electron chi connectivity index (χ2n) is 15.6. The molecule has 6 rings (SSSR count). The maximum absolute atomic E-state index is 13.4. The third kappa shape index (κ3) is 16.0. The normalized spacial score (nSPS) is 17.3. The van der Waals surface area contributed by atoms with Gasteiger partial charge < -0.3 is 33.9 Å². The Morgan fingerprint density at radius 1 is 0.603 bits per heavy atom. The fourth-order valence-electron chi connectivity index (χ4n) is 6.46. The van der Waals surface area contributed by atoms with E-state index in [1.807, 2.05) is 6.07 Å². The summed E-state index contributed by atoms with van der Waals surface area (Å²) >= 11 is 0. The summed E-state index contributed by atoms with van der Waals surface area (Å²) < 4.78 is 152. The summed E-state index contributed by atoms with van der Waals surface area (Å²) in [4.78, 5) is 38.9. The van der Waals surface area contributed by atoms with Crippen LogP contribution in [0.3, 0.4) is 0 Å². The van der Waals surface area contributed by atoms with Gasteiger partial charge in [-0.1, -0.05) is 60.7 Å². The molecule has 4 aromatic rings. The van der Waals surface area contributed by atoms with Gasteiger partial charge in [0.05, 0.1) is 16.3 Å². The predicted octanol–water partition coefficient (Wildman–Crippen LogP) is 6.65. The summed E-state index contributed by atoms with van der Waals surface area (Å²) in [6.07, 6.45) is -10.5. The van der Waals surface area contributed by atoms with Crippen molar-refractivity contribution in [2.24, 2.45) is 0 Å². The van der Waals surface area contributed by atoms with Gasteiger partial charge in [0.25, 0.3) is 0 Å². The number of hydrogen-bond donors (Lipinski definition) is 1. The summed E-state index contributed by atoms with van der Waals surface area (Å²) in [6.45, 7) is 4.58. The van der Waals surface area contributed by atoms with Crippen molar-refractivity contribution in [2.75, 3.05) is 39.3 Å². The molecule has 2 saturated heterocycles. The van der Waals surface area contributed by atoms with Crippen LogP contribution in [0.4, 0.5) is 31.1 Å². The van der Waals surface area contributed by atoms with Crippen molar-refractivity contribution in [3.8, 4) is 11.5 Å². The molecule has 2 aliphatic rings. The number of rotatable bonds is 12. The van der Waals surface area contributed by atoms with Crippen LogP contribution in [0.25, 0.3) is 0 Å². The molecule has 0 unspecified atom stereocenters. The number of ether oxygens (including phenoxy) is 5. The number of alkyl halides is 6. The number of benzene rings is 4. The van der Waals surface area contributed by atoms with E-state index in [1.165, 1.54) is 4.90 Å². The molecule has 4 aromatic carbocycles. The van der Waals surface area contributed by atoms with Crippen LogP contribution < -0.4 is 14.8 Å². The lowest BCUT2D eigenvalue weighted by Crippen LogP contribution is -2.60. The molecular weight excluding hydrogens is 978 g/mol. The number of amides is 1. The van der Waals surface area contributed by atoms with Crippen molar-refractivity contribution < 1.29 is 81.2 Å². The molecule has 25 heteroatoms. The van der Waals surface area contributed by atoms with Gasteiger partial charge in [-0.2, -0.15) is 8.61 Å².